The molecule has 1 aromatic carbocycles. The Balaban J connectivity index is 2.26. The van der Waals surface area contributed by atoms with E-state index in [1.54, 1.807) is 4.68 Å². The van der Waals surface area contributed by atoms with E-state index in [9.17, 15) is 0 Å². The van der Waals surface area contributed by atoms with Gasteiger partial charge in [-0.25, -0.2) is 0 Å². The van der Waals surface area contributed by atoms with Crippen LogP contribution >= 0.6 is 11.6 Å². The molecule has 0 aliphatic carbocycles. The number of hydrazine groups is 1. The molecule has 1 atom stereocenters. The fraction of sp³-hybridized carbons (Fsp3) is 0.357. The minimum absolute atomic E-state index is 0.0287. The van der Waals surface area contributed by atoms with Crippen molar-refractivity contribution < 1.29 is 0 Å². The molecule has 0 radical (unpaired) electrons. The summed E-state index contributed by atoms with van der Waals surface area (Å²) in [5, 5.41) is 4.99. The predicted molar refractivity (Wildman–Crippen MR) is 77.9 cm³/mol. The Morgan fingerprint density at radius 3 is 2.42 bits per heavy atom. The van der Waals surface area contributed by atoms with Gasteiger partial charge in [-0.15, -0.1) is 0 Å². The van der Waals surface area contributed by atoms with Gasteiger partial charge < -0.3 is 0 Å². The number of nitrogens with one attached hydrogen (secondary N) is 1. The molecule has 1 unspecified atom stereocenters. The van der Waals surface area contributed by atoms with Crippen molar-refractivity contribution in [2.24, 2.45) is 12.9 Å². The van der Waals surface area contributed by atoms with Crippen molar-refractivity contribution in [3.8, 4) is 0 Å². The summed E-state index contributed by atoms with van der Waals surface area (Å²) in [6.45, 7) is 4.03. The minimum atomic E-state index is 0.0287. The number of hydrogen-bond donors (Lipinski definition) is 2. The van der Waals surface area contributed by atoms with E-state index in [1.165, 1.54) is 5.56 Å². The van der Waals surface area contributed by atoms with Crippen LogP contribution in [0.1, 0.15) is 28.4 Å². The number of hydrogen-bond acceptors (Lipinski definition) is 3. The van der Waals surface area contributed by atoms with Crippen molar-refractivity contribution in [3.63, 3.8) is 0 Å². The molecular weight excluding hydrogens is 260 g/mol. The highest BCUT2D eigenvalue weighted by molar-refractivity contribution is 6.30. The van der Waals surface area contributed by atoms with E-state index in [0.29, 0.717) is 5.15 Å². The third-order valence-electron chi connectivity index (χ3n) is 3.36. The van der Waals surface area contributed by atoms with E-state index >= 15 is 0 Å². The van der Waals surface area contributed by atoms with Crippen LogP contribution in [0.2, 0.25) is 5.15 Å². The zero-order valence-corrected chi connectivity index (χ0v) is 12.2. The third kappa shape index (κ3) is 2.97. The average Bonchev–Trinajstić information content (AvgIpc) is 2.63. The minimum Gasteiger partial charge on any atom is -0.271 e. The Morgan fingerprint density at radius 2 is 1.95 bits per heavy atom. The SMILES string of the molecule is Cc1ccc(C(Cc2c(C)nn(C)c2Cl)NN)cc1. The van der Waals surface area contributed by atoms with Crippen molar-refractivity contribution >= 4 is 11.6 Å². The lowest BCUT2D eigenvalue weighted by molar-refractivity contribution is 0.551. The number of rotatable bonds is 4. The molecule has 0 bridgehead atoms. The summed E-state index contributed by atoms with van der Waals surface area (Å²) in [5.41, 5.74) is 7.21. The topological polar surface area (TPSA) is 55.9 Å². The Hall–Kier alpha value is -1.36. The summed E-state index contributed by atoms with van der Waals surface area (Å²) < 4.78 is 1.69. The quantitative estimate of drug-likeness (QED) is 0.667. The first kappa shape index (κ1) is 14.1. The maximum atomic E-state index is 6.26. The number of aryl methyl sites for hydroxylation is 3. The first-order valence-electron chi connectivity index (χ1n) is 6.23. The monoisotopic (exact) mass is 278 g/mol. The first-order chi connectivity index (χ1) is 9.02. The molecule has 1 heterocycles. The van der Waals surface area contributed by atoms with E-state index in [1.807, 2.05) is 14.0 Å². The van der Waals surface area contributed by atoms with E-state index in [-0.39, 0.29) is 6.04 Å². The predicted octanol–water partition coefficient (Wildman–Crippen LogP) is 2.44. The van der Waals surface area contributed by atoms with Crippen LogP contribution < -0.4 is 11.3 Å². The van der Waals surface area contributed by atoms with Crippen molar-refractivity contribution in [1.82, 2.24) is 15.2 Å². The van der Waals surface area contributed by atoms with Crippen LogP contribution in [0.25, 0.3) is 0 Å². The van der Waals surface area contributed by atoms with E-state index in [2.05, 4.69) is 41.7 Å². The molecule has 1 aromatic heterocycles. The first-order valence-corrected chi connectivity index (χ1v) is 6.61. The number of nitrogens with two attached hydrogens (primary N) is 1. The summed E-state index contributed by atoms with van der Waals surface area (Å²) in [7, 11) is 1.84. The van der Waals surface area contributed by atoms with Gasteiger partial charge in [0.1, 0.15) is 5.15 Å². The number of nitrogens with zero attached hydrogens (tertiary/aromatic N) is 2. The van der Waals surface area contributed by atoms with Gasteiger partial charge in [0.15, 0.2) is 0 Å². The second-order valence-electron chi connectivity index (χ2n) is 4.81. The lowest BCUT2D eigenvalue weighted by Gasteiger charge is -2.16. The molecule has 19 heavy (non-hydrogen) atoms. The fourth-order valence-electron chi connectivity index (χ4n) is 2.18. The van der Waals surface area contributed by atoms with Crippen LogP contribution in [-0.4, -0.2) is 9.78 Å². The summed E-state index contributed by atoms with van der Waals surface area (Å²) in [6, 6.07) is 8.36. The van der Waals surface area contributed by atoms with Gasteiger partial charge in [-0.2, -0.15) is 5.10 Å². The Kier molecular flexibility index (Phi) is 4.24. The normalized spacial score (nSPS) is 12.7. The number of aromatic nitrogens is 2. The van der Waals surface area contributed by atoms with Crippen molar-refractivity contribution in [2.75, 3.05) is 0 Å². The smallest absolute Gasteiger partial charge is 0.130 e. The van der Waals surface area contributed by atoms with Gasteiger partial charge in [0.2, 0.25) is 0 Å². The van der Waals surface area contributed by atoms with Crippen molar-refractivity contribution in [2.45, 2.75) is 26.3 Å². The summed E-state index contributed by atoms with van der Waals surface area (Å²) in [5.74, 6) is 5.68. The van der Waals surface area contributed by atoms with Crippen LogP contribution in [0.3, 0.4) is 0 Å². The molecule has 0 fully saturated rings. The molecule has 102 valence electrons. The molecule has 0 spiro atoms. The highest BCUT2D eigenvalue weighted by Gasteiger charge is 2.17. The molecule has 0 aliphatic rings. The Labute approximate surface area is 118 Å². The Morgan fingerprint density at radius 1 is 1.32 bits per heavy atom. The van der Waals surface area contributed by atoms with Crippen LogP contribution in [-0.2, 0) is 13.5 Å². The zero-order chi connectivity index (χ0) is 14.0. The maximum Gasteiger partial charge on any atom is 0.130 e. The molecule has 0 saturated carbocycles. The van der Waals surface area contributed by atoms with Gasteiger partial charge >= 0.3 is 0 Å². The molecule has 2 aromatic rings. The molecule has 5 heteroatoms. The van der Waals surface area contributed by atoms with Gasteiger partial charge in [0, 0.05) is 12.6 Å². The standard InChI is InChI=1S/C14H19ClN4/c1-9-4-6-11(7-5-9)13(17-16)8-12-10(2)18-19(3)14(12)15/h4-7,13,17H,8,16H2,1-3H3. The van der Waals surface area contributed by atoms with Crippen molar-refractivity contribution in [3.05, 3.63) is 51.8 Å². The van der Waals surface area contributed by atoms with Gasteiger partial charge in [-0.05, 0) is 25.8 Å². The average molecular weight is 279 g/mol. The van der Waals surface area contributed by atoms with Crippen LogP contribution in [0, 0.1) is 13.8 Å². The highest BCUT2D eigenvalue weighted by atomic mass is 35.5. The van der Waals surface area contributed by atoms with E-state index in [0.717, 1.165) is 23.2 Å². The van der Waals surface area contributed by atoms with Gasteiger partial charge in [0.25, 0.3) is 0 Å². The summed E-state index contributed by atoms with van der Waals surface area (Å²) in [4.78, 5) is 0. The lowest BCUT2D eigenvalue weighted by atomic mass is 9.99. The second-order valence-corrected chi connectivity index (χ2v) is 5.17. The molecular formula is C14H19ClN4. The Bertz CT molecular complexity index is 560. The van der Waals surface area contributed by atoms with Gasteiger partial charge in [-0.3, -0.25) is 16.0 Å². The van der Waals surface area contributed by atoms with Crippen LogP contribution in [0.4, 0.5) is 0 Å². The molecule has 3 N–H and O–H groups in total. The highest BCUT2D eigenvalue weighted by Crippen LogP contribution is 2.25. The largest absolute Gasteiger partial charge is 0.271 e. The van der Waals surface area contributed by atoms with E-state index < -0.39 is 0 Å². The van der Waals surface area contributed by atoms with Crippen molar-refractivity contribution in [1.29, 1.82) is 0 Å². The molecule has 0 saturated heterocycles. The number of halogens is 1. The van der Waals surface area contributed by atoms with Crippen LogP contribution in [0.5, 0.6) is 0 Å². The third-order valence-corrected chi connectivity index (χ3v) is 3.83. The fourth-order valence-corrected chi connectivity index (χ4v) is 2.43. The zero-order valence-electron chi connectivity index (χ0n) is 11.4. The second kappa shape index (κ2) is 5.74. The maximum absolute atomic E-state index is 6.26. The summed E-state index contributed by atoms with van der Waals surface area (Å²) >= 11 is 6.26. The molecule has 0 amide bonds. The molecule has 0 aliphatic heterocycles. The lowest BCUT2D eigenvalue weighted by Crippen LogP contribution is -2.29. The number of benzene rings is 1. The van der Waals surface area contributed by atoms with Gasteiger partial charge in [-0.1, -0.05) is 41.4 Å². The van der Waals surface area contributed by atoms with Crippen LogP contribution in [0.15, 0.2) is 24.3 Å². The van der Waals surface area contributed by atoms with E-state index in [4.69, 9.17) is 17.4 Å². The van der Waals surface area contributed by atoms with Gasteiger partial charge in [0.05, 0.1) is 11.7 Å². The molecule has 2 rings (SSSR count). The molecule has 4 nitrogen and oxygen atoms in total. The summed E-state index contributed by atoms with van der Waals surface area (Å²) in [6.07, 6.45) is 0.720.